The lowest BCUT2D eigenvalue weighted by Gasteiger charge is -2.41. The van der Waals surface area contributed by atoms with Crippen LogP contribution < -0.4 is 10.1 Å². The number of hydrogen-bond acceptors (Lipinski definition) is 9. The van der Waals surface area contributed by atoms with Gasteiger partial charge in [0.25, 0.3) is 0 Å². The second-order valence-corrected chi connectivity index (χ2v) is 20.4. The van der Waals surface area contributed by atoms with Gasteiger partial charge in [-0.2, -0.15) is 0 Å². The van der Waals surface area contributed by atoms with Gasteiger partial charge in [0.15, 0.2) is 14.1 Å². The van der Waals surface area contributed by atoms with Crippen LogP contribution in [0.4, 0.5) is 5.69 Å². The molecule has 49 heavy (non-hydrogen) atoms. The Morgan fingerprint density at radius 3 is 2.33 bits per heavy atom. The maximum Gasteiger partial charge on any atom is 0.229 e. The zero-order valence-electron chi connectivity index (χ0n) is 30.3. The number of nitrogens with one attached hydrogen (secondary N) is 1. The quantitative estimate of drug-likeness (QED) is 0.147. The van der Waals surface area contributed by atoms with Crippen molar-refractivity contribution in [2.24, 2.45) is 5.92 Å². The van der Waals surface area contributed by atoms with Gasteiger partial charge in [-0.3, -0.25) is 4.79 Å². The number of anilines is 1. The highest BCUT2D eigenvalue weighted by Gasteiger charge is 2.59. The molecule has 3 aliphatic rings. The topological polar surface area (TPSA) is 128 Å². The number of para-hydroxylation sites is 1. The number of ether oxygens (including phenoxy) is 5. The number of hydrogen-bond donors (Lipinski definition) is 3. The third-order valence-corrected chi connectivity index (χ3v) is 15.5. The van der Waals surface area contributed by atoms with Gasteiger partial charge in [0.2, 0.25) is 5.91 Å². The minimum Gasteiger partial charge on any atom is -0.497 e. The molecule has 3 heterocycles. The molecule has 3 N–H and O–H groups in total. The average molecular weight is 700 g/mol. The molecule has 3 saturated heterocycles. The van der Waals surface area contributed by atoms with E-state index in [1.807, 2.05) is 61.5 Å². The molecule has 2 aromatic carbocycles. The largest absolute Gasteiger partial charge is 0.497 e. The summed E-state index contributed by atoms with van der Waals surface area (Å²) in [5.74, 6) is -0.567. The molecule has 0 aromatic heterocycles. The minimum atomic E-state index is -2.13. The van der Waals surface area contributed by atoms with Gasteiger partial charge >= 0.3 is 0 Å². The highest BCUT2D eigenvalue weighted by atomic mass is 28.4. The molecular weight excluding hydrogens is 643 g/mol. The van der Waals surface area contributed by atoms with Gasteiger partial charge < -0.3 is 43.6 Å². The molecule has 272 valence electrons. The van der Waals surface area contributed by atoms with Crippen molar-refractivity contribution in [1.82, 2.24) is 0 Å². The van der Waals surface area contributed by atoms with Crippen LogP contribution in [0.25, 0.3) is 0 Å². The van der Waals surface area contributed by atoms with Gasteiger partial charge in [-0.25, -0.2) is 0 Å². The van der Waals surface area contributed by atoms with Crippen molar-refractivity contribution in [2.75, 3.05) is 25.6 Å². The van der Waals surface area contributed by atoms with Crippen LogP contribution in [0.1, 0.15) is 71.8 Å². The second-order valence-electron chi connectivity index (χ2n) is 15.6. The molecule has 0 aliphatic carbocycles. The number of rotatable bonds is 15. The SMILES string of the molecule is COc1ccc(COC(CC2([C@@H](O)[C@@H]3CC[C@]4(CCC[C@@H]([C@@H](C)C(=O)Nc5ccccc5)O4)O3)CO2)C(O)CO[Si](C)(C)C(C)(C)C)cc1. The summed E-state index contributed by atoms with van der Waals surface area (Å²) >= 11 is 0. The summed E-state index contributed by atoms with van der Waals surface area (Å²) in [6.45, 7) is 13.4. The molecule has 8 atom stereocenters. The molecule has 10 nitrogen and oxygen atoms in total. The van der Waals surface area contributed by atoms with Gasteiger partial charge in [0.05, 0.1) is 51.2 Å². The van der Waals surface area contributed by atoms with E-state index < -0.39 is 44.1 Å². The Hall–Kier alpha value is -2.35. The Kier molecular flexibility index (Phi) is 12.0. The first-order chi connectivity index (χ1) is 23.2. The fourth-order valence-corrected chi connectivity index (χ4v) is 7.56. The summed E-state index contributed by atoms with van der Waals surface area (Å²) in [4.78, 5) is 13.1. The summed E-state index contributed by atoms with van der Waals surface area (Å²) in [6, 6.07) is 17.0. The average Bonchev–Trinajstić information content (AvgIpc) is 3.77. The first-order valence-corrected chi connectivity index (χ1v) is 20.7. The predicted molar refractivity (Wildman–Crippen MR) is 190 cm³/mol. The van der Waals surface area contributed by atoms with E-state index in [1.165, 1.54) is 0 Å². The summed E-state index contributed by atoms with van der Waals surface area (Å²) in [6.07, 6.45) is 0.466. The van der Waals surface area contributed by atoms with Crippen molar-refractivity contribution in [3.63, 3.8) is 0 Å². The molecular formula is C38H57NO9Si. The molecule has 3 aliphatic heterocycles. The maximum atomic E-state index is 13.1. The standard InChI is InChI=1S/C38H57NO9Si/c1-26(35(42)39-28-12-9-8-10-13-28)31-14-11-20-38(47-31)21-19-32(48-38)34(41)37(25-45-37)22-33(30(40)24-46-49(6,7)36(2,3)4)44-23-27-15-17-29(43-5)18-16-27/h8-10,12-13,15-18,26,30-34,40-41H,11,14,19-25H2,1-7H3,(H,39,42)/t26-,30?,31+,32+,33?,34+,37?,38+/m1/s1. The second kappa shape index (κ2) is 15.5. The van der Waals surface area contributed by atoms with Crippen LogP contribution in [0, 0.1) is 5.92 Å². The van der Waals surface area contributed by atoms with Crippen LogP contribution in [0.2, 0.25) is 18.1 Å². The van der Waals surface area contributed by atoms with Crippen LogP contribution >= 0.6 is 0 Å². The lowest BCUT2D eigenvalue weighted by atomic mass is 9.89. The third kappa shape index (κ3) is 9.31. The zero-order valence-corrected chi connectivity index (χ0v) is 31.3. The van der Waals surface area contributed by atoms with E-state index in [4.69, 9.17) is 28.1 Å². The van der Waals surface area contributed by atoms with E-state index in [0.29, 0.717) is 25.9 Å². The van der Waals surface area contributed by atoms with Crippen molar-refractivity contribution < 1.29 is 43.1 Å². The zero-order chi connectivity index (χ0) is 35.5. The highest BCUT2D eigenvalue weighted by molar-refractivity contribution is 6.74. The van der Waals surface area contributed by atoms with Gasteiger partial charge in [0.1, 0.15) is 23.6 Å². The van der Waals surface area contributed by atoms with Crippen molar-refractivity contribution >= 4 is 19.9 Å². The third-order valence-electron chi connectivity index (χ3n) is 11.0. The fraction of sp³-hybridized carbons (Fsp3) is 0.658. The van der Waals surface area contributed by atoms with Crippen LogP contribution in [-0.2, 0) is 34.8 Å². The van der Waals surface area contributed by atoms with E-state index in [9.17, 15) is 15.0 Å². The van der Waals surface area contributed by atoms with Crippen LogP contribution in [0.5, 0.6) is 5.75 Å². The first-order valence-electron chi connectivity index (χ1n) is 17.8. The van der Waals surface area contributed by atoms with Crippen LogP contribution in [0.3, 0.4) is 0 Å². The number of aliphatic hydroxyl groups is 2. The highest BCUT2D eigenvalue weighted by Crippen LogP contribution is 2.47. The fourth-order valence-electron chi connectivity index (χ4n) is 6.54. The van der Waals surface area contributed by atoms with Crippen LogP contribution in [-0.4, -0.2) is 86.7 Å². The Morgan fingerprint density at radius 1 is 1.02 bits per heavy atom. The minimum absolute atomic E-state index is 0.0113. The number of amides is 1. The Balaban J connectivity index is 1.22. The predicted octanol–water partition coefficient (Wildman–Crippen LogP) is 6.20. The van der Waals surface area contributed by atoms with E-state index in [2.05, 4.69) is 39.2 Å². The Morgan fingerprint density at radius 2 is 1.69 bits per heavy atom. The molecule has 1 spiro atoms. The molecule has 0 bridgehead atoms. The monoisotopic (exact) mass is 699 g/mol. The molecule has 3 unspecified atom stereocenters. The summed E-state index contributed by atoms with van der Waals surface area (Å²) in [5.41, 5.74) is 0.768. The van der Waals surface area contributed by atoms with E-state index in [1.54, 1.807) is 7.11 Å². The maximum absolute atomic E-state index is 13.1. The number of benzene rings is 2. The number of epoxide rings is 1. The van der Waals surface area contributed by atoms with Gasteiger partial charge in [-0.05, 0) is 67.2 Å². The van der Waals surface area contributed by atoms with E-state index in [0.717, 1.165) is 29.8 Å². The lowest BCUT2D eigenvalue weighted by Crippen LogP contribution is -2.49. The molecule has 5 rings (SSSR count). The normalized spacial score (nSPS) is 28.1. The van der Waals surface area contributed by atoms with Gasteiger partial charge in [-0.15, -0.1) is 0 Å². The van der Waals surface area contributed by atoms with Gasteiger partial charge in [0, 0.05) is 24.9 Å². The molecule has 11 heteroatoms. The Labute approximate surface area is 292 Å². The molecule has 3 fully saturated rings. The summed E-state index contributed by atoms with van der Waals surface area (Å²) in [5, 5.41) is 26.2. The molecule has 2 aromatic rings. The van der Waals surface area contributed by atoms with Crippen molar-refractivity contribution in [2.45, 2.75) is 133 Å². The van der Waals surface area contributed by atoms with Crippen molar-refractivity contribution in [3.8, 4) is 5.75 Å². The van der Waals surface area contributed by atoms with E-state index >= 15 is 0 Å². The number of carbonyl (C=O) groups is 1. The summed E-state index contributed by atoms with van der Waals surface area (Å²) < 4.78 is 37.2. The lowest BCUT2D eigenvalue weighted by molar-refractivity contribution is -0.285. The van der Waals surface area contributed by atoms with Crippen molar-refractivity contribution in [3.05, 3.63) is 60.2 Å². The molecule has 0 saturated carbocycles. The smallest absolute Gasteiger partial charge is 0.229 e. The number of methoxy groups -OCH3 is 1. The van der Waals surface area contributed by atoms with Crippen molar-refractivity contribution in [1.29, 1.82) is 0 Å². The Bertz CT molecular complexity index is 1360. The molecule has 1 amide bonds. The van der Waals surface area contributed by atoms with E-state index in [-0.39, 0.29) is 42.6 Å². The van der Waals surface area contributed by atoms with Crippen LogP contribution in [0.15, 0.2) is 54.6 Å². The van der Waals surface area contributed by atoms with Gasteiger partial charge in [-0.1, -0.05) is 58.0 Å². The molecule has 0 radical (unpaired) electrons. The first kappa shape index (κ1) is 37.9. The number of aliphatic hydroxyl groups excluding tert-OH is 2. The number of carbonyl (C=O) groups excluding carboxylic acids is 1. The summed E-state index contributed by atoms with van der Waals surface area (Å²) in [7, 11) is -0.503.